The van der Waals surface area contributed by atoms with E-state index in [0.717, 1.165) is 29.7 Å². The molecule has 0 saturated carbocycles. The molecule has 3 aromatic heterocycles. The van der Waals surface area contributed by atoms with Crippen molar-refractivity contribution >= 4 is 8.32 Å². The Morgan fingerprint density at radius 1 is 1.10 bits per heavy atom. The number of aryl methyl sites for hydroxylation is 1. The van der Waals surface area contributed by atoms with Gasteiger partial charge in [0.25, 0.3) is 0 Å². The van der Waals surface area contributed by atoms with Crippen LogP contribution >= 0.6 is 0 Å². The molecule has 0 saturated heterocycles. The average Bonchev–Trinajstić information content (AvgIpc) is 3.38. The quantitative estimate of drug-likeness (QED) is 0.179. The van der Waals surface area contributed by atoms with Gasteiger partial charge in [0, 0.05) is 37.9 Å². The molecule has 1 atom stereocenters. The Labute approximate surface area is 242 Å². The Bertz CT molecular complexity index is 1490. The topological polar surface area (TPSA) is 117 Å². The molecule has 1 aromatic carbocycles. The first-order valence-electron chi connectivity index (χ1n) is 13.8. The fourth-order valence-electron chi connectivity index (χ4n) is 4.53. The summed E-state index contributed by atoms with van der Waals surface area (Å²) < 4.78 is 14.0. The molecule has 0 aliphatic heterocycles. The number of hydrogen-bond acceptors (Lipinski definition) is 8. The third-order valence-corrected chi connectivity index (χ3v) is 11.4. The van der Waals surface area contributed by atoms with Crippen molar-refractivity contribution in [2.45, 2.75) is 57.2 Å². The van der Waals surface area contributed by atoms with Gasteiger partial charge in [-0.15, -0.1) is 0 Å². The van der Waals surface area contributed by atoms with Gasteiger partial charge in [-0.1, -0.05) is 38.5 Å². The fraction of sp³-hybridized carbons (Fsp3) is 0.433. The Morgan fingerprint density at radius 2 is 1.85 bits per heavy atom. The average molecular weight is 577 g/mol. The van der Waals surface area contributed by atoms with Crippen LogP contribution < -0.4 is 10.2 Å². The van der Waals surface area contributed by atoms with E-state index in [1.807, 2.05) is 50.6 Å². The maximum absolute atomic E-state index is 13.3. The molecule has 218 valence electrons. The second-order valence-corrected chi connectivity index (χ2v) is 16.0. The van der Waals surface area contributed by atoms with Gasteiger partial charge in [-0.2, -0.15) is 10.2 Å². The highest BCUT2D eigenvalue weighted by Gasteiger charge is 2.37. The SMILES string of the molecule is COCCOc1cnc(-c2cccc(C(CCCC(C)(C)[Si](C)(C)O)c3nn(-c4cnn(C)c4)ccc3=O)c2)nc1. The Morgan fingerprint density at radius 3 is 2.51 bits per heavy atom. The van der Waals surface area contributed by atoms with E-state index >= 15 is 0 Å². The summed E-state index contributed by atoms with van der Waals surface area (Å²) in [6, 6.07) is 9.53. The van der Waals surface area contributed by atoms with Crippen LogP contribution in [0.4, 0.5) is 0 Å². The van der Waals surface area contributed by atoms with Crippen LogP contribution in [-0.4, -0.2) is 63.0 Å². The van der Waals surface area contributed by atoms with Crippen molar-refractivity contribution in [3.63, 3.8) is 0 Å². The van der Waals surface area contributed by atoms with Crippen molar-refractivity contribution in [3.05, 3.63) is 82.8 Å². The fourth-order valence-corrected chi connectivity index (χ4v) is 5.32. The van der Waals surface area contributed by atoms with E-state index in [-0.39, 0.29) is 16.4 Å². The molecule has 10 nitrogen and oxygen atoms in total. The van der Waals surface area contributed by atoms with Crippen molar-refractivity contribution in [1.29, 1.82) is 0 Å². The number of benzene rings is 1. The zero-order valence-corrected chi connectivity index (χ0v) is 25.7. The van der Waals surface area contributed by atoms with Gasteiger partial charge in [-0.05, 0) is 42.6 Å². The normalized spacial score (nSPS) is 12.9. The molecule has 0 aliphatic rings. The maximum Gasteiger partial charge on any atom is 0.203 e. The van der Waals surface area contributed by atoms with Crippen molar-refractivity contribution in [2.75, 3.05) is 20.3 Å². The summed E-state index contributed by atoms with van der Waals surface area (Å²) in [6.07, 6.45) is 10.9. The first-order valence-corrected chi connectivity index (χ1v) is 16.8. The van der Waals surface area contributed by atoms with E-state index in [2.05, 4.69) is 28.9 Å². The minimum Gasteiger partial charge on any atom is -0.488 e. The molecule has 41 heavy (non-hydrogen) atoms. The van der Waals surface area contributed by atoms with Crippen LogP contribution in [0, 0.1) is 0 Å². The van der Waals surface area contributed by atoms with E-state index in [1.165, 1.54) is 0 Å². The van der Waals surface area contributed by atoms with E-state index in [4.69, 9.17) is 14.6 Å². The van der Waals surface area contributed by atoms with E-state index in [0.29, 0.717) is 36.9 Å². The summed E-state index contributed by atoms with van der Waals surface area (Å²) in [5.74, 6) is 0.873. The summed E-state index contributed by atoms with van der Waals surface area (Å²) in [5.41, 5.74) is 2.92. The van der Waals surface area contributed by atoms with Crippen LogP contribution in [0.3, 0.4) is 0 Å². The van der Waals surface area contributed by atoms with Crippen LogP contribution in [0.15, 0.2) is 66.1 Å². The molecule has 0 radical (unpaired) electrons. The maximum atomic E-state index is 13.3. The largest absolute Gasteiger partial charge is 0.488 e. The minimum absolute atomic E-state index is 0.120. The van der Waals surface area contributed by atoms with Crippen LogP contribution in [-0.2, 0) is 11.8 Å². The standard InChI is InChI=1S/C30H40N6O4Si/c1-30(2,41(5,6)38)13-8-11-26(28-27(37)12-14-36(34-28)24-18-33-35(3)21-24)22-9-7-10-23(17-22)29-31-19-25(20-32-29)40-16-15-39-4/h7,9-10,12,14,17-21,26,38H,8,11,13,15-16H2,1-6H3. The van der Waals surface area contributed by atoms with E-state index in [1.54, 1.807) is 47.3 Å². The van der Waals surface area contributed by atoms with Gasteiger partial charge in [-0.3, -0.25) is 9.48 Å². The molecule has 1 unspecified atom stereocenters. The first kappa shape index (κ1) is 30.3. The summed E-state index contributed by atoms with van der Waals surface area (Å²) >= 11 is 0. The van der Waals surface area contributed by atoms with Crippen LogP contribution in [0.25, 0.3) is 17.1 Å². The Balaban J connectivity index is 1.68. The number of ether oxygens (including phenoxy) is 2. The predicted octanol–water partition coefficient (Wildman–Crippen LogP) is 4.73. The molecule has 4 rings (SSSR count). The molecule has 4 aromatic rings. The van der Waals surface area contributed by atoms with Gasteiger partial charge >= 0.3 is 0 Å². The summed E-state index contributed by atoms with van der Waals surface area (Å²) in [5, 5.41) is 8.88. The van der Waals surface area contributed by atoms with Crippen molar-refractivity contribution in [2.24, 2.45) is 7.05 Å². The Kier molecular flexibility index (Phi) is 9.52. The zero-order chi connectivity index (χ0) is 29.6. The third-order valence-electron chi connectivity index (χ3n) is 7.80. The number of nitrogens with zero attached hydrogens (tertiary/aromatic N) is 6. The summed E-state index contributed by atoms with van der Waals surface area (Å²) in [4.78, 5) is 33.1. The van der Waals surface area contributed by atoms with Crippen LogP contribution in [0.5, 0.6) is 5.75 Å². The lowest BCUT2D eigenvalue weighted by Crippen LogP contribution is -2.39. The highest BCUT2D eigenvalue weighted by Crippen LogP contribution is 2.41. The predicted molar refractivity (Wildman–Crippen MR) is 161 cm³/mol. The van der Waals surface area contributed by atoms with Crippen LogP contribution in [0.2, 0.25) is 18.1 Å². The molecule has 0 bridgehead atoms. The number of hydrogen-bond donors (Lipinski definition) is 1. The summed E-state index contributed by atoms with van der Waals surface area (Å²) in [7, 11) is 1.10. The van der Waals surface area contributed by atoms with Gasteiger partial charge in [0.05, 0.1) is 31.4 Å². The highest BCUT2D eigenvalue weighted by molar-refractivity contribution is 6.72. The van der Waals surface area contributed by atoms with Gasteiger partial charge in [0.1, 0.15) is 18.0 Å². The van der Waals surface area contributed by atoms with Gasteiger partial charge < -0.3 is 14.3 Å². The van der Waals surface area contributed by atoms with Crippen molar-refractivity contribution in [1.82, 2.24) is 29.5 Å². The molecule has 0 fully saturated rings. The molecule has 0 amide bonds. The number of aromatic nitrogens is 6. The molecule has 0 aliphatic carbocycles. The number of rotatable bonds is 13. The second kappa shape index (κ2) is 12.9. The van der Waals surface area contributed by atoms with Gasteiger partial charge in [0.15, 0.2) is 19.9 Å². The first-order chi connectivity index (χ1) is 19.5. The van der Waals surface area contributed by atoms with Crippen molar-refractivity contribution in [3.8, 4) is 22.8 Å². The summed E-state index contributed by atoms with van der Waals surface area (Å²) in [6.45, 7) is 9.12. The van der Waals surface area contributed by atoms with Crippen molar-refractivity contribution < 1.29 is 14.3 Å². The lowest BCUT2D eigenvalue weighted by molar-refractivity contribution is 0.146. The molecule has 3 heterocycles. The zero-order valence-electron chi connectivity index (χ0n) is 24.7. The molecule has 0 spiro atoms. The second-order valence-electron chi connectivity index (χ2n) is 11.5. The van der Waals surface area contributed by atoms with E-state index in [9.17, 15) is 9.59 Å². The highest BCUT2D eigenvalue weighted by atomic mass is 28.4. The third kappa shape index (κ3) is 7.54. The lowest BCUT2D eigenvalue weighted by Gasteiger charge is -2.35. The molecular weight excluding hydrogens is 536 g/mol. The smallest absolute Gasteiger partial charge is 0.203 e. The monoisotopic (exact) mass is 576 g/mol. The molecule has 11 heteroatoms. The Hall–Kier alpha value is -3.67. The lowest BCUT2D eigenvalue weighted by atomic mass is 9.88. The minimum atomic E-state index is -2.37. The number of methoxy groups -OCH3 is 1. The van der Waals surface area contributed by atoms with Gasteiger partial charge in [0.2, 0.25) is 5.43 Å². The van der Waals surface area contributed by atoms with Crippen LogP contribution in [0.1, 0.15) is 50.3 Å². The van der Waals surface area contributed by atoms with E-state index < -0.39 is 8.32 Å². The van der Waals surface area contributed by atoms with Gasteiger partial charge in [-0.25, -0.2) is 14.6 Å². The molecular formula is C30H40N6O4Si. The molecule has 1 N–H and O–H groups in total.